The van der Waals surface area contributed by atoms with Gasteiger partial charge in [-0.15, -0.1) is 0 Å². The first-order chi connectivity index (χ1) is 13.6. The number of quaternary nitrogens is 1. The highest BCUT2D eigenvalue weighted by molar-refractivity contribution is 5.91. The number of methoxy groups -OCH3 is 2. The van der Waals surface area contributed by atoms with E-state index >= 15 is 0 Å². The van der Waals surface area contributed by atoms with Crippen LogP contribution in [0.2, 0.25) is 0 Å². The standard InChI is InChI=1S/C22H28N2O4/c1-4-28-17-9-7-16(8-10-17)23-22(25)15-24-13-5-6-20(24)19-12-11-18(26-2)14-21(19)27-3/h7-12,14,20H,4-6,13,15H2,1-3H3,(H,23,25)/p+1/t20-/m0/s1. The quantitative estimate of drug-likeness (QED) is 0.733. The molecule has 0 saturated carbocycles. The van der Waals surface area contributed by atoms with Crippen LogP contribution in [-0.4, -0.2) is 39.8 Å². The van der Waals surface area contributed by atoms with Gasteiger partial charge in [0, 0.05) is 24.6 Å². The third-order valence-electron chi connectivity index (χ3n) is 5.14. The van der Waals surface area contributed by atoms with Gasteiger partial charge in [-0.3, -0.25) is 4.79 Å². The smallest absolute Gasteiger partial charge is 0.279 e. The van der Waals surface area contributed by atoms with Crippen LogP contribution in [0.3, 0.4) is 0 Å². The molecule has 1 saturated heterocycles. The molecule has 2 aromatic carbocycles. The van der Waals surface area contributed by atoms with E-state index < -0.39 is 0 Å². The lowest BCUT2D eigenvalue weighted by molar-refractivity contribution is -0.910. The van der Waals surface area contributed by atoms with Crippen LogP contribution in [0, 0.1) is 0 Å². The molecule has 6 heteroatoms. The molecular formula is C22H29N2O4+. The van der Waals surface area contributed by atoms with Crippen molar-refractivity contribution < 1.29 is 23.9 Å². The zero-order valence-corrected chi connectivity index (χ0v) is 16.8. The van der Waals surface area contributed by atoms with Crippen LogP contribution in [0.25, 0.3) is 0 Å². The van der Waals surface area contributed by atoms with E-state index in [1.54, 1.807) is 14.2 Å². The average molecular weight is 385 g/mol. The Kier molecular flexibility index (Phi) is 6.76. The second-order valence-electron chi connectivity index (χ2n) is 6.89. The molecule has 0 aliphatic carbocycles. The van der Waals surface area contributed by atoms with Gasteiger partial charge in [0.25, 0.3) is 5.91 Å². The lowest BCUT2D eigenvalue weighted by atomic mass is 10.0. The number of ether oxygens (including phenoxy) is 3. The third kappa shape index (κ3) is 4.75. The molecule has 0 bridgehead atoms. The molecule has 150 valence electrons. The van der Waals surface area contributed by atoms with Gasteiger partial charge in [-0.1, -0.05) is 0 Å². The average Bonchev–Trinajstić information content (AvgIpc) is 3.16. The van der Waals surface area contributed by atoms with Crippen molar-refractivity contribution >= 4 is 11.6 Å². The molecule has 1 fully saturated rings. The van der Waals surface area contributed by atoms with Crippen LogP contribution in [0.5, 0.6) is 17.2 Å². The molecule has 0 spiro atoms. The van der Waals surface area contributed by atoms with E-state index in [1.807, 2.05) is 43.3 Å². The van der Waals surface area contributed by atoms with E-state index in [0.29, 0.717) is 13.2 Å². The fraction of sp³-hybridized carbons (Fsp3) is 0.409. The monoisotopic (exact) mass is 385 g/mol. The number of benzene rings is 2. The summed E-state index contributed by atoms with van der Waals surface area (Å²) >= 11 is 0. The minimum Gasteiger partial charge on any atom is -0.497 e. The number of nitrogens with one attached hydrogen (secondary N) is 2. The van der Waals surface area contributed by atoms with Crippen LogP contribution < -0.4 is 24.4 Å². The second kappa shape index (κ2) is 9.46. The Hall–Kier alpha value is -2.73. The lowest BCUT2D eigenvalue weighted by Crippen LogP contribution is -3.11. The summed E-state index contributed by atoms with van der Waals surface area (Å²) in [7, 11) is 3.32. The van der Waals surface area contributed by atoms with E-state index in [-0.39, 0.29) is 11.9 Å². The number of carbonyl (C=O) groups excluding carboxylic acids is 1. The normalized spacial score (nSPS) is 18.5. The van der Waals surface area contributed by atoms with Gasteiger partial charge >= 0.3 is 0 Å². The fourth-order valence-corrected chi connectivity index (χ4v) is 3.82. The van der Waals surface area contributed by atoms with Crippen LogP contribution in [0.15, 0.2) is 42.5 Å². The van der Waals surface area contributed by atoms with Crippen molar-refractivity contribution in [2.75, 3.05) is 39.2 Å². The largest absolute Gasteiger partial charge is 0.497 e. The molecule has 3 rings (SSSR count). The molecular weight excluding hydrogens is 356 g/mol. The first-order valence-electron chi connectivity index (χ1n) is 9.73. The number of carbonyl (C=O) groups is 1. The highest BCUT2D eigenvalue weighted by atomic mass is 16.5. The molecule has 0 radical (unpaired) electrons. The maximum absolute atomic E-state index is 12.6. The molecule has 1 unspecified atom stereocenters. The maximum Gasteiger partial charge on any atom is 0.279 e. The zero-order valence-electron chi connectivity index (χ0n) is 16.8. The molecule has 2 aromatic rings. The summed E-state index contributed by atoms with van der Waals surface area (Å²) in [6.45, 7) is 3.96. The Morgan fingerprint density at radius 1 is 1.11 bits per heavy atom. The van der Waals surface area contributed by atoms with Crippen molar-refractivity contribution in [1.82, 2.24) is 0 Å². The number of hydrogen-bond acceptors (Lipinski definition) is 4. The van der Waals surface area contributed by atoms with Gasteiger partial charge in [0.05, 0.1) is 32.9 Å². The van der Waals surface area contributed by atoms with E-state index in [9.17, 15) is 4.79 Å². The molecule has 28 heavy (non-hydrogen) atoms. The summed E-state index contributed by atoms with van der Waals surface area (Å²) in [4.78, 5) is 13.9. The molecule has 1 amide bonds. The second-order valence-corrected chi connectivity index (χ2v) is 6.89. The Morgan fingerprint density at radius 3 is 2.54 bits per heavy atom. The van der Waals surface area contributed by atoms with Gasteiger partial charge in [0.2, 0.25) is 0 Å². The Bertz CT molecular complexity index is 792. The molecule has 0 aromatic heterocycles. The van der Waals surface area contributed by atoms with E-state index in [2.05, 4.69) is 11.4 Å². The molecule has 6 nitrogen and oxygen atoms in total. The number of hydrogen-bond donors (Lipinski definition) is 2. The first-order valence-corrected chi connectivity index (χ1v) is 9.73. The summed E-state index contributed by atoms with van der Waals surface area (Å²) in [5, 5.41) is 2.99. The third-order valence-corrected chi connectivity index (χ3v) is 5.14. The molecule has 2 atom stereocenters. The number of likely N-dealkylation sites (tertiary alicyclic amines) is 1. The number of anilines is 1. The summed E-state index contributed by atoms with van der Waals surface area (Å²) in [6.07, 6.45) is 2.12. The van der Waals surface area contributed by atoms with E-state index in [4.69, 9.17) is 14.2 Å². The van der Waals surface area contributed by atoms with Crippen molar-refractivity contribution in [1.29, 1.82) is 0 Å². The van der Waals surface area contributed by atoms with Gasteiger partial charge in [-0.2, -0.15) is 0 Å². The van der Waals surface area contributed by atoms with Crippen molar-refractivity contribution in [2.45, 2.75) is 25.8 Å². The van der Waals surface area contributed by atoms with E-state index in [1.165, 1.54) is 4.90 Å². The Balaban J connectivity index is 1.65. The van der Waals surface area contributed by atoms with Crippen molar-refractivity contribution in [3.63, 3.8) is 0 Å². The molecule has 1 aliphatic heterocycles. The predicted molar refractivity (Wildman–Crippen MR) is 108 cm³/mol. The molecule has 1 aliphatic rings. The maximum atomic E-state index is 12.6. The topological polar surface area (TPSA) is 61.2 Å². The number of amides is 1. The summed E-state index contributed by atoms with van der Waals surface area (Å²) in [5.74, 6) is 2.40. The molecule has 2 N–H and O–H groups in total. The highest BCUT2D eigenvalue weighted by Crippen LogP contribution is 2.31. The summed E-state index contributed by atoms with van der Waals surface area (Å²) in [6, 6.07) is 13.6. The SMILES string of the molecule is CCOc1ccc(NC(=O)C[NH+]2CCC[C@H]2c2ccc(OC)cc2OC)cc1. The summed E-state index contributed by atoms with van der Waals surface area (Å²) < 4.78 is 16.3. The predicted octanol–water partition coefficient (Wildman–Crippen LogP) is 2.46. The van der Waals surface area contributed by atoms with Crippen LogP contribution in [-0.2, 0) is 4.79 Å². The Labute approximate surface area is 166 Å². The first kappa shape index (κ1) is 20.0. The number of rotatable bonds is 8. The van der Waals surface area contributed by atoms with Crippen molar-refractivity contribution in [2.24, 2.45) is 0 Å². The minimum absolute atomic E-state index is 0.0125. The zero-order chi connectivity index (χ0) is 19.9. The van der Waals surface area contributed by atoms with Crippen molar-refractivity contribution in [3.05, 3.63) is 48.0 Å². The van der Waals surface area contributed by atoms with Gasteiger partial charge in [-0.25, -0.2) is 0 Å². The van der Waals surface area contributed by atoms with Gasteiger partial charge < -0.3 is 24.4 Å². The molecule has 1 heterocycles. The fourth-order valence-electron chi connectivity index (χ4n) is 3.82. The summed E-state index contributed by atoms with van der Waals surface area (Å²) in [5.41, 5.74) is 1.91. The van der Waals surface area contributed by atoms with Crippen LogP contribution in [0.1, 0.15) is 31.4 Å². The van der Waals surface area contributed by atoms with E-state index in [0.717, 1.165) is 47.9 Å². The van der Waals surface area contributed by atoms with Crippen LogP contribution >= 0.6 is 0 Å². The minimum atomic E-state index is 0.0125. The van der Waals surface area contributed by atoms with Crippen LogP contribution in [0.4, 0.5) is 5.69 Å². The van der Waals surface area contributed by atoms with Crippen molar-refractivity contribution in [3.8, 4) is 17.2 Å². The Morgan fingerprint density at radius 2 is 1.86 bits per heavy atom. The lowest BCUT2D eigenvalue weighted by Gasteiger charge is -2.23. The van der Waals surface area contributed by atoms with Gasteiger partial charge in [0.15, 0.2) is 6.54 Å². The van der Waals surface area contributed by atoms with Gasteiger partial charge in [-0.05, 0) is 43.3 Å². The highest BCUT2D eigenvalue weighted by Gasteiger charge is 2.33. The van der Waals surface area contributed by atoms with Gasteiger partial charge in [0.1, 0.15) is 23.3 Å².